The first-order chi connectivity index (χ1) is 16.2. The van der Waals surface area contributed by atoms with E-state index in [0.29, 0.717) is 11.3 Å². The number of methoxy groups -OCH3 is 1. The average Bonchev–Trinajstić information content (AvgIpc) is 3.10. The summed E-state index contributed by atoms with van der Waals surface area (Å²) in [6.45, 7) is 0.975. The summed E-state index contributed by atoms with van der Waals surface area (Å²) in [5.41, 5.74) is 3.58. The molecule has 2 aromatic carbocycles. The van der Waals surface area contributed by atoms with Gasteiger partial charge in [0.1, 0.15) is 12.3 Å². The number of aryl methyl sites for hydroxylation is 1. The summed E-state index contributed by atoms with van der Waals surface area (Å²) in [6.07, 6.45) is 5.86. The number of hydrogen-bond donors (Lipinski definition) is 1. The molecule has 0 aliphatic heterocycles. The predicted molar refractivity (Wildman–Crippen MR) is 129 cm³/mol. The van der Waals surface area contributed by atoms with Gasteiger partial charge in [0.05, 0.1) is 22.6 Å². The number of anilines is 1. The molecule has 3 rings (SSSR count). The molecule has 1 amide bonds. The van der Waals surface area contributed by atoms with E-state index in [0.717, 1.165) is 54.6 Å². The van der Waals surface area contributed by atoms with Crippen LogP contribution >= 0.6 is 0 Å². The lowest BCUT2D eigenvalue weighted by Gasteiger charge is -2.24. The summed E-state index contributed by atoms with van der Waals surface area (Å²) in [4.78, 5) is 23.2. The molecule has 0 bridgehead atoms. The number of ether oxygens (including phenoxy) is 1. The number of nitro benzene ring substituents is 1. The summed E-state index contributed by atoms with van der Waals surface area (Å²) in [7, 11) is -2.83. The zero-order valence-electron chi connectivity index (χ0n) is 19.2. The number of nitrogens with one attached hydrogen (secondary N) is 1. The number of hydrogen-bond acceptors (Lipinski definition) is 7. The van der Waals surface area contributed by atoms with Gasteiger partial charge in [0.25, 0.3) is 21.6 Å². The molecule has 34 heavy (non-hydrogen) atoms. The first-order valence-electron chi connectivity index (χ1n) is 11.0. The SMILES string of the molecule is COc1ccc(N(CC(=O)NN=C2CCCCCC2)S(=O)(=O)c2ccc(C)c([N+](=O)[O-])c2)cc1. The minimum Gasteiger partial charge on any atom is -0.497 e. The third-order valence-electron chi connectivity index (χ3n) is 5.63. The maximum atomic E-state index is 13.5. The molecule has 182 valence electrons. The molecule has 1 fully saturated rings. The number of rotatable bonds is 8. The zero-order valence-corrected chi connectivity index (χ0v) is 20.0. The van der Waals surface area contributed by atoms with Crippen LogP contribution in [0.4, 0.5) is 11.4 Å². The van der Waals surface area contributed by atoms with Crippen molar-refractivity contribution in [3.63, 3.8) is 0 Å². The summed E-state index contributed by atoms with van der Waals surface area (Å²) in [5, 5.41) is 15.6. The molecular formula is C23H28N4O6S. The molecule has 0 atom stereocenters. The Bertz CT molecular complexity index is 1170. The van der Waals surface area contributed by atoms with Crippen LogP contribution in [-0.2, 0) is 14.8 Å². The van der Waals surface area contributed by atoms with Crippen LogP contribution in [0.1, 0.15) is 44.1 Å². The molecule has 1 aliphatic carbocycles. The number of benzene rings is 2. The normalized spacial score (nSPS) is 14.1. The van der Waals surface area contributed by atoms with Crippen LogP contribution in [0.15, 0.2) is 52.5 Å². The predicted octanol–water partition coefficient (Wildman–Crippen LogP) is 3.93. The van der Waals surface area contributed by atoms with Crippen molar-refractivity contribution in [2.75, 3.05) is 18.0 Å². The number of amides is 1. The minimum absolute atomic E-state index is 0.210. The quantitative estimate of drug-likeness (QED) is 0.340. The Morgan fingerprint density at radius 3 is 2.35 bits per heavy atom. The van der Waals surface area contributed by atoms with Gasteiger partial charge in [-0.2, -0.15) is 5.10 Å². The highest BCUT2D eigenvalue weighted by Gasteiger charge is 2.29. The molecule has 0 radical (unpaired) electrons. The van der Waals surface area contributed by atoms with E-state index in [1.165, 1.54) is 38.3 Å². The molecule has 0 saturated heterocycles. The van der Waals surface area contributed by atoms with Crippen LogP contribution in [0, 0.1) is 17.0 Å². The van der Waals surface area contributed by atoms with Crippen LogP contribution in [0.25, 0.3) is 0 Å². The molecule has 0 spiro atoms. The first-order valence-corrected chi connectivity index (χ1v) is 12.4. The fourth-order valence-electron chi connectivity index (χ4n) is 3.69. The number of sulfonamides is 1. The Morgan fingerprint density at radius 2 is 1.76 bits per heavy atom. The van der Waals surface area contributed by atoms with E-state index in [9.17, 15) is 23.3 Å². The maximum Gasteiger partial charge on any atom is 0.273 e. The van der Waals surface area contributed by atoms with Crippen LogP contribution in [-0.4, -0.2) is 38.6 Å². The van der Waals surface area contributed by atoms with Gasteiger partial charge in [0.2, 0.25) is 0 Å². The molecule has 11 heteroatoms. The van der Waals surface area contributed by atoms with Gasteiger partial charge in [0, 0.05) is 17.3 Å². The Hall–Kier alpha value is -3.47. The highest BCUT2D eigenvalue weighted by molar-refractivity contribution is 7.92. The van der Waals surface area contributed by atoms with E-state index in [2.05, 4.69) is 10.5 Å². The Balaban J connectivity index is 1.93. The van der Waals surface area contributed by atoms with Gasteiger partial charge in [-0.1, -0.05) is 18.9 Å². The number of carbonyl (C=O) groups is 1. The smallest absolute Gasteiger partial charge is 0.273 e. The summed E-state index contributed by atoms with van der Waals surface area (Å²) in [5.74, 6) is -0.103. The number of nitrogens with zero attached hydrogens (tertiary/aromatic N) is 3. The van der Waals surface area contributed by atoms with E-state index in [-0.39, 0.29) is 16.3 Å². The summed E-state index contributed by atoms with van der Waals surface area (Å²) < 4.78 is 33.1. The Labute approximate surface area is 198 Å². The lowest BCUT2D eigenvalue weighted by atomic mass is 10.2. The van der Waals surface area contributed by atoms with Crippen LogP contribution in [0.5, 0.6) is 5.75 Å². The van der Waals surface area contributed by atoms with Crippen molar-refractivity contribution in [2.24, 2.45) is 5.10 Å². The molecule has 2 aromatic rings. The highest BCUT2D eigenvalue weighted by atomic mass is 32.2. The van der Waals surface area contributed by atoms with E-state index in [1.807, 2.05) is 0 Å². The van der Waals surface area contributed by atoms with Crippen LogP contribution in [0.3, 0.4) is 0 Å². The standard InChI is InChI=1S/C23H28N4O6S/c1-17-9-14-21(15-22(17)27(29)30)34(31,32)26(19-10-12-20(33-2)13-11-19)16-23(28)25-24-18-7-5-3-4-6-8-18/h9-15H,3-8,16H2,1-2H3,(H,25,28). The van der Waals surface area contributed by atoms with Crippen molar-refractivity contribution in [3.05, 3.63) is 58.1 Å². The van der Waals surface area contributed by atoms with Crippen molar-refractivity contribution >= 4 is 33.0 Å². The van der Waals surface area contributed by atoms with Crippen LogP contribution in [0.2, 0.25) is 0 Å². The van der Waals surface area contributed by atoms with E-state index >= 15 is 0 Å². The molecule has 1 N–H and O–H groups in total. The Kier molecular flexibility index (Phi) is 8.21. The molecule has 0 heterocycles. The minimum atomic E-state index is -4.31. The molecular weight excluding hydrogens is 460 g/mol. The van der Waals surface area contributed by atoms with Crippen molar-refractivity contribution in [1.82, 2.24) is 5.43 Å². The first kappa shape index (κ1) is 25.2. The Morgan fingerprint density at radius 1 is 1.12 bits per heavy atom. The third-order valence-corrected chi connectivity index (χ3v) is 7.40. The summed E-state index contributed by atoms with van der Waals surface area (Å²) in [6, 6.07) is 9.81. The van der Waals surface area contributed by atoms with Gasteiger partial charge in [-0.25, -0.2) is 13.8 Å². The van der Waals surface area contributed by atoms with Crippen molar-refractivity contribution < 1.29 is 22.9 Å². The maximum absolute atomic E-state index is 13.5. The van der Waals surface area contributed by atoms with E-state index in [4.69, 9.17) is 4.74 Å². The largest absolute Gasteiger partial charge is 0.497 e. The topological polar surface area (TPSA) is 131 Å². The zero-order chi connectivity index (χ0) is 24.7. The monoisotopic (exact) mass is 488 g/mol. The van der Waals surface area contributed by atoms with Crippen LogP contribution < -0.4 is 14.5 Å². The molecule has 1 aliphatic rings. The van der Waals surface area contributed by atoms with Gasteiger partial charge >= 0.3 is 0 Å². The van der Waals surface area contributed by atoms with Gasteiger partial charge in [-0.05, 0) is 62.9 Å². The van der Waals surface area contributed by atoms with E-state index in [1.54, 1.807) is 12.1 Å². The second-order valence-electron chi connectivity index (χ2n) is 8.04. The van der Waals surface area contributed by atoms with E-state index < -0.39 is 27.4 Å². The molecule has 10 nitrogen and oxygen atoms in total. The average molecular weight is 489 g/mol. The number of nitro groups is 1. The second kappa shape index (κ2) is 11.1. The fourth-order valence-corrected chi connectivity index (χ4v) is 5.13. The van der Waals surface area contributed by atoms with Crippen molar-refractivity contribution in [2.45, 2.75) is 50.3 Å². The number of carbonyl (C=O) groups excluding carboxylic acids is 1. The fraction of sp³-hybridized carbons (Fsp3) is 0.391. The van der Waals surface area contributed by atoms with Crippen molar-refractivity contribution in [3.8, 4) is 5.75 Å². The number of hydrazone groups is 1. The van der Waals surface area contributed by atoms with Gasteiger partial charge in [0.15, 0.2) is 0 Å². The molecule has 1 saturated carbocycles. The van der Waals surface area contributed by atoms with Gasteiger partial charge in [-0.3, -0.25) is 19.2 Å². The molecule has 0 aromatic heterocycles. The van der Waals surface area contributed by atoms with Gasteiger partial charge < -0.3 is 4.74 Å². The third kappa shape index (κ3) is 6.10. The highest BCUT2D eigenvalue weighted by Crippen LogP contribution is 2.29. The summed E-state index contributed by atoms with van der Waals surface area (Å²) >= 11 is 0. The van der Waals surface area contributed by atoms with Gasteiger partial charge in [-0.15, -0.1) is 0 Å². The molecule has 0 unspecified atom stereocenters. The lowest BCUT2D eigenvalue weighted by Crippen LogP contribution is -2.39. The second-order valence-corrected chi connectivity index (χ2v) is 9.90. The van der Waals surface area contributed by atoms with Crippen molar-refractivity contribution in [1.29, 1.82) is 0 Å². The lowest BCUT2D eigenvalue weighted by molar-refractivity contribution is -0.385.